The minimum atomic E-state index is -0.521. The fourth-order valence-corrected chi connectivity index (χ4v) is 2.25. The van der Waals surface area contributed by atoms with Crippen LogP contribution < -0.4 is 5.32 Å². The highest BCUT2D eigenvalue weighted by Gasteiger charge is 2.15. The van der Waals surface area contributed by atoms with Gasteiger partial charge in [0, 0.05) is 18.7 Å². The number of nitriles is 1. The van der Waals surface area contributed by atoms with Crippen LogP contribution >= 0.6 is 11.6 Å². The molecule has 6 nitrogen and oxygen atoms in total. The number of nitrogens with one attached hydrogen (secondary N) is 1. The molecule has 1 N–H and O–H groups in total. The van der Waals surface area contributed by atoms with Crippen LogP contribution in [0.25, 0.3) is 17.4 Å². The molecule has 2 rings (SSSR count). The van der Waals surface area contributed by atoms with Crippen molar-refractivity contribution in [2.75, 3.05) is 13.7 Å². The number of carbonyl (C=O) groups is 2. The van der Waals surface area contributed by atoms with E-state index in [1.807, 2.05) is 0 Å². The second-order valence-electron chi connectivity index (χ2n) is 4.87. The van der Waals surface area contributed by atoms with Crippen LogP contribution in [0.3, 0.4) is 0 Å². The molecule has 0 fully saturated rings. The molecule has 0 aliphatic heterocycles. The van der Waals surface area contributed by atoms with Crippen LogP contribution in [-0.2, 0) is 9.53 Å². The molecule has 0 atom stereocenters. The maximum absolute atomic E-state index is 11.9. The van der Waals surface area contributed by atoms with Gasteiger partial charge in [0.2, 0.25) is 0 Å². The summed E-state index contributed by atoms with van der Waals surface area (Å²) in [6.45, 7) is 1.95. The SMILES string of the molecule is CCOC(=O)c1cc(-c2ccc(/C=C(\C#N)C(=O)NC)o2)ccc1Cl. The molecule has 0 aliphatic carbocycles. The number of carbonyl (C=O) groups excluding carboxylic acids is 2. The molecule has 1 aromatic carbocycles. The van der Waals surface area contributed by atoms with Crippen molar-refractivity contribution in [1.82, 2.24) is 5.32 Å². The second kappa shape index (κ2) is 8.18. The van der Waals surface area contributed by atoms with E-state index in [-0.39, 0.29) is 22.8 Å². The van der Waals surface area contributed by atoms with Crippen molar-refractivity contribution in [2.45, 2.75) is 6.92 Å². The molecule has 0 bridgehead atoms. The maximum Gasteiger partial charge on any atom is 0.339 e. The minimum absolute atomic E-state index is 0.0771. The molecule has 7 heteroatoms. The summed E-state index contributed by atoms with van der Waals surface area (Å²) in [7, 11) is 1.44. The molecule has 0 aliphatic rings. The Morgan fingerprint density at radius 3 is 2.76 bits per heavy atom. The topological polar surface area (TPSA) is 92.3 Å². The molecule has 1 aromatic heterocycles. The summed E-state index contributed by atoms with van der Waals surface area (Å²) in [6.07, 6.45) is 1.34. The summed E-state index contributed by atoms with van der Waals surface area (Å²) < 4.78 is 10.6. The Bertz CT molecular complexity index is 877. The molecule has 0 saturated heterocycles. The maximum atomic E-state index is 11.9. The van der Waals surface area contributed by atoms with E-state index in [1.165, 1.54) is 13.1 Å². The highest BCUT2D eigenvalue weighted by molar-refractivity contribution is 6.33. The quantitative estimate of drug-likeness (QED) is 0.502. The predicted molar refractivity (Wildman–Crippen MR) is 92.8 cm³/mol. The highest BCUT2D eigenvalue weighted by atomic mass is 35.5. The molecular formula is C18H15ClN2O4. The van der Waals surface area contributed by atoms with Gasteiger partial charge in [0.15, 0.2) is 0 Å². The number of ether oxygens (including phenoxy) is 1. The van der Waals surface area contributed by atoms with E-state index in [9.17, 15) is 9.59 Å². The van der Waals surface area contributed by atoms with Crippen LogP contribution in [0.2, 0.25) is 5.02 Å². The van der Waals surface area contributed by atoms with Gasteiger partial charge in [-0.2, -0.15) is 5.26 Å². The zero-order valence-corrected chi connectivity index (χ0v) is 14.4. The normalized spacial score (nSPS) is 10.9. The van der Waals surface area contributed by atoms with Gasteiger partial charge in [-0.15, -0.1) is 0 Å². The fraction of sp³-hybridized carbons (Fsp3) is 0.167. The average Bonchev–Trinajstić information content (AvgIpc) is 3.08. The molecule has 2 aromatic rings. The smallest absolute Gasteiger partial charge is 0.339 e. The summed E-state index contributed by atoms with van der Waals surface area (Å²) in [5.41, 5.74) is 0.773. The summed E-state index contributed by atoms with van der Waals surface area (Å²) in [5.74, 6) is -0.227. The Morgan fingerprint density at radius 1 is 1.36 bits per heavy atom. The predicted octanol–water partition coefficient (Wildman–Crippen LogP) is 3.43. The van der Waals surface area contributed by atoms with Gasteiger partial charge in [0.1, 0.15) is 23.2 Å². The Balaban J connectivity index is 2.36. The van der Waals surface area contributed by atoms with Crippen molar-refractivity contribution in [3.8, 4) is 17.4 Å². The van der Waals surface area contributed by atoms with Gasteiger partial charge in [0.05, 0.1) is 17.2 Å². The molecular weight excluding hydrogens is 344 g/mol. The van der Waals surface area contributed by atoms with Crippen molar-refractivity contribution in [3.05, 3.63) is 52.3 Å². The molecule has 1 amide bonds. The van der Waals surface area contributed by atoms with Crippen LogP contribution in [0.15, 0.2) is 40.3 Å². The number of amides is 1. The van der Waals surface area contributed by atoms with Gasteiger partial charge in [-0.05, 0) is 37.3 Å². The van der Waals surface area contributed by atoms with E-state index in [0.29, 0.717) is 17.1 Å². The van der Waals surface area contributed by atoms with Gasteiger partial charge in [-0.3, -0.25) is 4.79 Å². The van der Waals surface area contributed by atoms with Crippen molar-refractivity contribution in [3.63, 3.8) is 0 Å². The number of esters is 1. The van der Waals surface area contributed by atoms with Crippen molar-refractivity contribution in [2.24, 2.45) is 0 Å². The van der Waals surface area contributed by atoms with Gasteiger partial charge in [-0.25, -0.2) is 4.79 Å². The number of furan rings is 1. The third-order valence-electron chi connectivity index (χ3n) is 3.25. The van der Waals surface area contributed by atoms with Crippen LogP contribution in [0, 0.1) is 11.3 Å². The van der Waals surface area contributed by atoms with E-state index < -0.39 is 11.9 Å². The lowest BCUT2D eigenvalue weighted by Crippen LogP contribution is -2.18. The molecule has 0 radical (unpaired) electrons. The standard InChI is InChI=1S/C18H15ClN2O4/c1-3-24-18(23)14-9-11(4-6-15(14)19)16-7-5-13(25-16)8-12(10-20)17(22)21-2/h4-9H,3H2,1-2H3,(H,21,22)/b12-8+. The first-order valence-electron chi connectivity index (χ1n) is 7.41. The largest absolute Gasteiger partial charge is 0.462 e. The van der Waals surface area contributed by atoms with E-state index >= 15 is 0 Å². The number of halogens is 1. The molecule has 0 saturated carbocycles. The van der Waals surface area contributed by atoms with Gasteiger partial charge in [0.25, 0.3) is 5.91 Å². The van der Waals surface area contributed by atoms with Crippen LogP contribution in [0.1, 0.15) is 23.0 Å². The summed E-state index contributed by atoms with van der Waals surface area (Å²) in [4.78, 5) is 23.5. The van der Waals surface area contributed by atoms with Gasteiger partial charge in [-0.1, -0.05) is 11.6 Å². The van der Waals surface area contributed by atoms with Crippen molar-refractivity contribution >= 4 is 29.6 Å². The van der Waals surface area contributed by atoms with E-state index in [0.717, 1.165) is 0 Å². The zero-order chi connectivity index (χ0) is 18.4. The van der Waals surface area contributed by atoms with Crippen LogP contribution in [0.4, 0.5) is 0 Å². The number of likely N-dealkylation sites (N-methyl/N-ethyl adjacent to an activating group) is 1. The first-order chi connectivity index (χ1) is 12.0. The molecule has 128 valence electrons. The van der Waals surface area contributed by atoms with Crippen LogP contribution in [0.5, 0.6) is 0 Å². The number of rotatable bonds is 5. The zero-order valence-electron chi connectivity index (χ0n) is 13.6. The van der Waals surface area contributed by atoms with E-state index in [4.69, 9.17) is 26.0 Å². The molecule has 0 unspecified atom stereocenters. The molecule has 1 heterocycles. The lowest BCUT2D eigenvalue weighted by molar-refractivity contribution is -0.116. The second-order valence-corrected chi connectivity index (χ2v) is 5.27. The summed E-state index contributed by atoms with van der Waals surface area (Å²) in [5, 5.41) is 11.7. The Labute approximate surface area is 149 Å². The third kappa shape index (κ3) is 4.28. The number of hydrogen-bond acceptors (Lipinski definition) is 5. The van der Waals surface area contributed by atoms with E-state index in [2.05, 4.69) is 5.32 Å². The monoisotopic (exact) mass is 358 g/mol. The third-order valence-corrected chi connectivity index (χ3v) is 3.58. The lowest BCUT2D eigenvalue weighted by atomic mass is 10.1. The lowest BCUT2D eigenvalue weighted by Gasteiger charge is -2.05. The number of benzene rings is 1. The average molecular weight is 359 g/mol. The van der Waals surface area contributed by atoms with Crippen LogP contribution in [-0.4, -0.2) is 25.5 Å². The molecule has 25 heavy (non-hydrogen) atoms. The van der Waals surface area contributed by atoms with Gasteiger partial charge < -0.3 is 14.5 Å². The number of hydrogen-bond donors (Lipinski definition) is 1. The number of nitrogens with zero attached hydrogens (tertiary/aromatic N) is 1. The highest BCUT2D eigenvalue weighted by Crippen LogP contribution is 2.28. The van der Waals surface area contributed by atoms with E-state index in [1.54, 1.807) is 43.3 Å². The minimum Gasteiger partial charge on any atom is -0.462 e. The van der Waals surface area contributed by atoms with Gasteiger partial charge >= 0.3 is 5.97 Å². The first kappa shape index (κ1) is 18.3. The summed E-state index contributed by atoms with van der Waals surface area (Å²) in [6, 6.07) is 9.93. The Morgan fingerprint density at radius 2 is 2.12 bits per heavy atom. The molecule has 0 spiro atoms. The van der Waals surface area contributed by atoms with Crippen molar-refractivity contribution < 1.29 is 18.7 Å². The Hall–Kier alpha value is -3.04. The first-order valence-corrected chi connectivity index (χ1v) is 7.78. The fourth-order valence-electron chi connectivity index (χ4n) is 2.05. The van der Waals surface area contributed by atoms with Crippen molar-refractivity contribution in [1.29, 1.82) is 5.26 Å². The Kier molecular flexibility index (Phi) is 5.98. The summed E-state index contributed by atoms with van der Waals surface area (Å²) >= 11 is 6.04.